The number of carbonyl (C=O) groups is 1. The van der Waals surface area contributed by atoms with E-state index in [1.165, 1.54) is 5.69 Å². The molecular weight excluding hydrogens is 428 g/mol. The second-order valence-corrected chi connectivity index (χ2v) is 8.93. The highest BCUT2D eigenvalue weighted by Gasteiger charge is 2.36. The van der Waals surface area contributed by atoms with Gasteiger partial charge >= 0.3 is 0 Å². The highest BCUT2D eigenvalue weighted by atomic mass is 16.5. The predicted molar refractivity (Wildman–Crippen MR) is 134 cm³/mol. The van der Waals surface area contributed by atoms with Gasteiger partial charge in [0.1, 0.15) is 0 Å². The molecular formula is C26H30N6O2. The molecule has 4 N–H and O–H groups in total. The normalized spacial score (nSPS) is 17.4. The number of morpholine rings is 1. The number of hydrogen-bond donors (Lipinski definition) is 3. The lowest BCUT2D eigenvalue weighted by atomic mass is 9.98. The van der Waals surface area contributed by atoms with E-state index in [4.69, 9.17) is 10.5 Å². The summed E-state index contributed by atoms with van der Waals surface area (Å²) in [7, 11) is 0. The Morgan fingerprint density at radius 1 is 0.941 bits per heavy atom. The fourth-order valence-corrected chi connectivity index (χ4v) is 4.50. The molecule has 3 aromatic rings. The summed E-state index contributed by atoms with van der Waals surface area (Å²) in [6, 6.07) is 17.8. The molecule has 1 aliphatic carbocycles. The smallest absolute Gasteiger partial charge is 0.244 e. The molecule has 2 aromatic carbocycles. The molecule has 2 fully saturated rings. The Morgan fingerprint density at radius 3 is 2.32 bits per heavy atom. The number of nitrogens with zero attached hydrogens (tertiary/aromatic N) is 3. The van der Waals surface area contributed by atoms with E-state index >= 15 is 0 Å². The molecule has 1 aromatic heterocycles. The number of aromatic nitrogens is 2. The van der Waals surface area contributed by atoms with Crippen LogP contribution in [0.5, 0.6) is 0 Å². The second kappa shape index (κ2) is 9.79. The summed E-state index contributed by atoms with van der Waals surface area (Å²) in [5.41, 5.74) is 10.1. The average molecular weight is 459 g/mol. The summed E-state index contributed by atoms with van der Waals surface area (Å²) in [5, 5.41) is 6.24. The van der Waals surface area contributed by atoms with Crippen molar-refractivity contribution in [1.82, 2.24) is 9.97 Å². The zero-order chi connectivity index (χ0) is 23.4. The Balaban J connectivity index is 1.23. The van der Waals surface area contributed by atoms with Gasteiger partial charge in [-0.3, -0.25) is 4.79 Å². The van der Waals surface area contributed by atoms with E-state index in [1.807, 2.05) is 42.5 Å². The molecule has 8 heteroatoms. The van der Waals surface area contributed by atoms with Gasteiger partial charge in [-0.15, -0.1) is 0 Å². The van der Waals surface area contributed by atoms with Crippen molar-refractivity contribution in [2.45, 2.75) is 31.2 Å². The lowest BCUT2D eigenvalue weighted by Crippen LogP contribution is -2.48. The van der Waals surface area contributed by atoms with Gasteiger partial charge in [-0.1, -0.05) is 25.0 Å². The van der Waals surface area contributed by atoms with Crippen molar-refractivity contribution in [2.24, 2.45) is 5.73 Å². The minimum absolute atomic E-state index is 0.106. The van der Waals surface area contributed by atoms with Crippen LogP contribution in [0.1, 0.15) is 25.7 Å². The van der Waals surface area contributed by atoms with E-state index in [9.17, 15) is 4.79 Å². The molecule has 34 heavy (non-hydrogen) atoms. The summed E-state index contributed by atoms with van der Waals surface area (Å²) in [6.45, 7) is 3.35. The lowest BCUT2D eigenvalue weighted by molar-refractivity contribution is -0.121. The van der Waals surface area contributed by atoms with Gasteiger partial charge < -0.3 is 26.0 Å². The molecule has 176 valence electrons. The van der Waals surface area contributed by atoms with E-state index in [0.29, 0.717) is 5.95 Å². The molecule has 1 saturated carbocycles. The van der Waals surface area contributed by atoms with Crippen molar-refractivity contribution in [3.8, 4) is 11.3 Å². The van der Waals surface area contributed by atoms with Crippen molar-refractivity contribution in [3.63, 3.8) is 0 Å². The van der Waals surface area contributed by atoms with E-state index < -0.39 is 5.54 Å². The number of anilines is 4. The van der Waals surface area contributed by atoms with Crippen molar-refractivity contribution < 1.29 is 9.53 Å². The summed E-state index contributed by atoms with van der Waals surface area (Å²) in [4.78, 5) is 23.9. The first kappa shape index (κ1) is 22.3. The zero-order valence-corrected chi connectivity index (χ0v) is 19.2. The van der Waals surface area contributed by atoms with Crippen LogP contribution < -0.4 is 21.3 Å². The van der Waals surface area contributed by atoms with Gasteiger partial charge in [0, 0.05) is 41.9 Å². The molecule has 0 atom stereocenters. The fraction of sp³-hybridized carbons (Fsp3) is 0.346. The maximum absolute atomic E-state index is 12.5. The molecule has 2 aliphatic rings. The lowest BCUT2D eigenvalue weighted by Gasteiger charge is -2.28. The Morgan fingerprint density at radius 2 is 1.62 bits per heavy atom. The molecule has 8 nitrogen and oxygen atoms in total. The van der Waals surface area contributed by atoms with E-state index in [0.717, 1.165) is 74.6 Å². The number of nitrogens with two attached hydrogens (primary N) is 1. The minimum atomic E-state index is -0.744. The van der Waals surface area contributed by atoms with Gasteiger partial charge in [0.25, 0.3) is 0 Å². The van der Waals surface area contributed by atoms with Crippen LogP contribution >= 0.6 is 0 Å². The third-order valence-electron chi connectivity index (χ3n) is 6.54. The maximum atomic E-state index is 12.5. The summed E-state index contributed by atoms with van der Waals surface area (Å²) in [5.74, 6) is 0.422. The number of ether oxygens (including phenoxy) is 1. The van der Waals surface area contributed by atoms with Gasteiger partial charge in [-0.2, -0.15) is 0 Å². The first-order valence-electron chi connectivity index (χ1n) is 11.8. The van der Waals surface area contributed by atoms with E-state index in [-0.39, 0.29) is 5.91 Å². The minimum Gasteiger partial charge on any atom is -0.378 e. The first-order valence-corrected chi connectivity index (χ1v) is 11.8. The van der Waals surface area contributed by atoms with E-state index in [1.54, 1.807) is 6.20 Å². The molecule has 5 rings (SSSR count). The third kappa shape index (κ3) is 5.03. The molecule has 0 spiro atoms. The Hall–Kier alpha value is -3.49. The third-order valence-corrected chi connectivity index (χ3v) is 6.54. The Labute approximate surface area is 199 Å². The number of carbonyl (C=O) groups excluding carboxylic acids is 1. The number of rotatable bonds is 6. The molecule has 1 saturated heterocycles. The molecule has 1 amide bonds. The van der Waals surface area contributed by atoms with Crippen molar-refractivity contribution in [3.05, 3.63) is 60.8 Å². The number of amides is 1. The number of hydrogen-bond acceptors (Lipinski definition) is 7. The van der Waals surface area contributed by atoms with Crippen LogP contribution in [0.25, 0.3) is 11.3 Å². The standard InChI is InChI=1S/C26H30N6O2/c27-26(12-1-2-13-26)24(33)29-20-5-3-19(4-6-20)23-11-14-28-25(31-23)30-21-7-9-22(10-8-21)32-15-17-34-18-16-32/h3-11,14H,1-2,12-13,15-18,27H2,(H,29,33)(H,28,30,31). The van der Waals surface area contributed by atoms with Crippen LogP contribution in [0.15, 0.2) is 60.8 Å². The van der Waals surface area contributed by atoms with Gasteiger partial charge in [-0.25, -0.2) is 9.97 Å². The Kier molecular flexibility index (Phi) is 6.42. The Bertz CT molecular complexity index is 1120. The fourth-order valence-electron chi connectivity index (χ4n) is 4.50. The SMILES string of the molecule is NC1(C(=O)Nc2ccc(-c3ccnc(Nc4ccc(N5CCOCC5)cc4)n3)cc2)CCCC1. The maximum Gasteiger partial charge on any atom is 0.244 e. The van der Waals surface area contributed by atoms with Gasteiger partial charge in [-0.05, 0) is 55.3 Å². The highest BCUT2D eigenvalue weighted by Crippen LogP contribution is 2.29. The van der Waals surface area contributed by atoms with Gasteiger partial charge in [0.05, 0.1) is 24.4 Å². The van der Waals surface area contributed by atoms with Crippen molar-refractivity contribution in [2.75, 3.05) is 41.8 Å². The monoisotopic (exact) mass is 458 g/mol. The van der Waals surface area contributed by atoms with Gasteiger partial charge in [0.15, 0.2) is 0 Å². The highest BCUT2D eigenvalue weighted by molar-refractivity contribution is 5.98. The molecule has 0 bridgehead atoms. The molecule has 2 heterocycles. The van der Waals surface area contributed by atoms with Crippen LogP contribution in [0, 0.1) is 0 Å². The molecule has 1 aliphatic heterocycles. The zero-order valence-electron chi connectivity index (χ0n) is 19.2. The number of benzene rings is 2. The summed E-state index contributed by atoms with van der Waals surface area (Å²) >= 11 is 0. The van der Waals surface area contributed by atoms with Gasteiger partial charge in [0.2, 0.25) is 11.9 Å². The molecule has 0 unspecified atom stereocenters. The van der Waals surface area contributed by atoms with Crippen LogP contribution in [-0.4, -0.2) is 47.7 Å². The average Bonchev–Trinajstić information content (AvgIpc) is 3.33. The largest absolute Gasteiger partial charge is 0.378 e. The topological polar surface area (TPSA) is 105 Å². The quantitative estimate of drug-likeness (QED) is 0.514. The first-order chi connectivity index (χ1) is 16.6. The van der Waals surface area contributed by atoms with Crippen molar-refractivity contribution in [1.29, 1.82) is 0 Å². The summed E-state index contributed by atoms with van der Waals surface area (Å²) in [6.07, 6.45) is 5.23. The molecule has 0 radical (unpaired) electrons. The van der Waals surface area contributed by atoms with Crippen LogP contribution in [-0.2, 0) is 9.53 Å². The van der Waals surface area contributed by atoms with Crippen LogP contribution in [0.3, 0.4) is 0 Å². The van der Waals surface area contributed by atoms with Crippen molar-refractivity contribution >= 4 is 28.9 Å². The summed E-state index contributed by atoms with van der Waals surface area (Å²) < 4.78 is 5.43. The van der Waals surface area contributed by atoms with Crippen LogP contribution in [0.2, 0.25) is 0 Å². The predicted octanol–water partition coefficient (Wildman–Crippen LogP) is 3.93. The van der Waals surface area contributed by atoms with Crippen LogP contribution in [0.4, 0.5) is 23.0 Å². The second-order valence-electron chi connectivity index (χ2n) is 8.93. The number of nitrogens with one attached hydrogen (secondary N) is 2. The van der Waals surface area contributed by atoms with E-state index in [2.05, 4.69) is 37.6 Å².